The second-order valence-electron chi connectivity index (χ2n) is 5.84. The Hall–Kier alpha value is -1.41. The van der Waals surface area contributed by atoms with Gasteiger partial charge in [-0.05, 0) is 25.8 Å². The summed E-state index contributed by atoms with van der Waals surface area (Å²) in [6.07, 6.45) is 3.69. The largest absolute Gasteiger partial charge is 0.463 e. The van der Waals surface area contributed by atoms with E-state index in [9.17, 15) is 18.0 Å². The molecule has 3 atom stereocenters. The zero-order valence-corrected chi connectivity index (χ0v) is 15.5. The number of hydrogen-bond donors (Lipinski definition) is 1. The van der Waals surface area contributed by atoms with Crippen molar-refractivity contribution in [2.45, 2.75) is 63.5 Å². The lowest BCUT2D eigenvalue weighted by Gasteiger charge is -2.36. The van der Waals surface area contributed by atoms with Gasteiger partial charge in [0.05, 0.1) is 24.9 Å². The summed E-state index contributed by atoms with van der Waals surface area (Å²) >= 11 is 0. The van der Waals surface area contributed by atoms with Crippen molar-refractivity contribution in [1.82, 2.24) is 5.32 Å². The molecule has 8 heteroatoms. The summed E-state index contributed by atoms with van der Waals surface area (Å²) in [7, 11) is -3.51. The Morgan fingerprint density at radius 3 is 2.46 bits per heavy atom. The standard InChI is InChI=1S/C16H27NO6S/c1-5-12(6-2)23-14-9-11(16(19)22-7-3)8-13(17-10-18)15(14)24(4,20)21/h9-10,12-15H,5-8H2,1-4H3,(H,17,18)/t13-,14-,15-/m1/s1. The first-order chi connectivity index (χ1) is 11.3. The van der Waals surface area contributed by atoms with Crippen LogP contribution in [0.4, 0.5) is 0 Å². The SMILES string of the molecule is CCOC(=O)C1=C[C@@H](OC(CC)CC)[C@H](S(C)(=O)=O)[C@H](NC=O)C1. The number of esters is 1. The van der Waals surface area contributed by atoms with E-state index in [4.69, 9.17) is 9.47 Å². The van der Waals surface area contributed by atoms with Crippen LogP contribution in [0.1, 0.15) is 40.0 Å². The lowest BCUT2D eigenvalue weighted by Crippen LogP contribution is -2.54. The van der Waals surface area contributed by atoms with Gasteiger partial charge in [0.2, 0.25) is 6.41 Å². The maximum Gasteiger partial charge on any atom is 0.333 e. The number of nitrogens with one attached hydrogen (secondary N) is 1. The minimum atomic E-state index is -3.51. The van der Waals surface area contributed by atoms with E-state index < -0.39 is 33.2 Å². The van der Waals surface area contributed by atoms with Gasteiger partial charge in [0.1, 0.15) is 5.25 Å². The minimum absolute atomic E-state index is 0.0953. The van der Waals surface area contributed by atoms with Crippen LogP contribution < -0.4 is 5.32 Å². The van der Waals surface area contributed by atoms with E-state index in [1.807, 2.05) is 13.8 Å². The summed E-state index contributed by atoms with van der Waals surface area (Å²) in [5.74, 6) is -0.514. The second kappa shape index (κ2) is 9.17. The molecule has 0 bridgehead atoms. The molecule has 1 amide bonds. The zero-order valence-electron chi connectivity index (χ0n) is 14.7. The molecule has 0 fully saturated rings. The molecular weight excluding hydrogens is 334 g/mol. The molecule has 1 N–H and O–H groups in total. The van der Waals surface area contributed by atoms with Gasteiger partial charge in [-0.2, -0.15) is 0 Å². The van der Waals surface area contributed by atoms with Crippen LogP contribution in [0.25, 0.3) is 0 Å². The Morgan fingerprint density at radius 2 is 2.00 bits per heavy atom. The molecule has 0 aliphatic heterocycles. The van der Waals surface area contributed by atoms with Crippen LogP contribution in [0, 0.1) is 0 Å². The predicted octanol–water partition coefficient (Wildman–Crippen LogP) is 0.981. The van der Waals surface area contributed by atoms with Crippen LogP contribution in [0.3, 0.4) is 0 Å². The van der Waals surface area contributed by atoms with Gasteiger partial charge in [-0.15, -0.1) is 0 Å². The molecule has 0 radical (unpaired) electrons. The summed E-state index contributed by atoms with van der Waals surface area (Å²) in [5, 5.41) is 1.58. The van der Waals surface area contributed by atoms with Crippen molar-refractivity contribution >= 4 is 22.2 Å². The van der Waals surface area contributed by atoms with E-state index >= 15 is 0 Å². The van der Waals surface area contributed by atoms with Crippen LogP contribution in [0.2, 0.25) is 0 Å². The molecule has 0 saturated heterocycles. The van der Waals surface area contributed by atoms with Gasteiger partial charge in [0.25, 0.3) is 0 Å². The fraction of sp³-hybridized carbons (Fsp3) is 0.750. The molecule has 1 aliphatic rings. The van der Waals surface area contributed by atoms with Crippen LogP contribution in [-0.2, 0) is 28.9 Å². The fourth-order valence-corrected chi connectivity index (χ4v) is 4.32. The monoisotopic (exact) mass is 361 g/mol. The van der Waals surface area contributed by atoms with E-state index in [2.05, 4.69) is 5.32 Å². The quantitative estimate of drug-likeness (QED) is 0.485. The molecule has 138 valence electrons. The maximum absolute atomic E-state index is 12.3. The summed E-state index contributed by atoms with van der Waals surface area (Å²) < 4.78 is 35.5. The van der Waals surface area contributed by atoms with Gasteiger partial charge in [-0.3, -0.25) is 4.79 Å². The third-order valence-electron chi connectivity index (χ3n) is 4.10. The molecule has 0 aromatic heterocycles. The third-order valence-corrected chi connectivity index (χ3v) is 5.69. The highest BCUT2D eigenvalue weighted by molar-refractivity contribution is 7.91. The molecule has 1 aliphatic carbocycles. The number of sulfone groups is 1. The molecule has 0 heterocycles. The predicted molar refractivity (Wildman–Crippen MR) is 90.2 cm³/mol. The highest BCUT2D eigenvalue weighted by atomic mass is 32.2. The Labute approximate surface area is 143 Å². The van der Waals surface area contributed by atoms with Crippen molar-refractivity contribution in [2.24, 2.45) is 0 Å². The Kier molecular flexibility index (Phi) is 7.89. The smallest absolute Gasteiger partial charge is 0.333 e. The van der Waals surface area contributed by atoms with Gasteiger partial charge >= 0.3 is 5.97 Å². The van der Waals surface area contributed by atoms with Gasteiger partial charge in [-0.1, -0.05) is 13.8 Å². The Bertz CT molecular complexity index is 567. The number of carbonyl (C=O) groups excluding carboxylic acids is 2. The summed E-state index contributed by atoms with van der Waals surface area (Å²) in [6, 6.07) is -0.735. The minimum Gasteiger partial charge on any atom is -0.463 e. The van der Waals surface area contributed by atoms with Crippen molar-refractivity contribution in [3.05, 3.63) is 11.6 Å². The van der Waals surface area contributed by atoms with Crippen molar-refractivity contribution in [3.8, 4) is 0 Å². The van der Waals surface area contributed by atoms with Crippen molar-refractivity contribution in [2.75, 3.05) is 12.9 Å². The third kappa shape index (κ3) is 5.31. The van der Waals surface area contributed by atoms with Crippen LogP contribution in [-0.4, -0.2) is 57.2 Å². The van der Waals surface area contributed by atoms with Crippen LogP contribution in [0.5, 0.6) is 0 Å². The van der Waals surface area contributed by atoms with Crippen molar-refractivity contribution in [3.63, 3.8) is 0 Å². The normalized spacial score (nSPS) is 24.4. The van der Waals surface area contributed by atoms with Gasteiger partial charge in [-0.25, -0.2) is 13.2 Å². The average molecular weight is 361 g/mol. The Morgan fingerprint density at radius 1 is 1.38 bits per heavy atom. The van der Waals surface area contributed by atoms with E-state index in [-0.39, 0.29) is 19.1 Å². The van der Waals surface area contributed by atoms with Gasteiger partial charge < -0.3 is 14.8 Å². The molecule has 0 aromatic carbocycles. The summed E-state index contributed by atoms with van der Waals surface area (Å²) in [6.45, 7) is 5.81. The highest BCUT2D eigenvalue weighted by Crippen LogP contribution is 2.28. The van der Waals surface area contributed by atoms with Gasteiger partial charge in [0.15, 0.2) is 9.84 Å². The van der Waals surface area contributed by atoms with E-state index in [0.29, 0.717) is 12.0 Å². The number of ether oxygens (including phenoxy) is 2. The average Bonchev–Trinajstić information content (AvgIpc) is 2.51. The van der Waals surface area contributed by atoms with Crippen LogP contribution in [0.15, 0.2) is 11.6 Å². The number of rotatable bonds is 9. The van der Waals surface area contributed by atoms with E-state index in [0.717, 1.165) is 19.1 Å². The molecule has 7 nitrogen and oxygen atoms in total. The first kappa shape index (κ1) is 20.6. The fourth-order valence-electron chi connectivity index (χ4n) is 2.92. The zero-order chi connectivity index (χ0) is 18.3. The molecule has 0 aromatic rings. The number of hydrogen-bond acceptors (Lipinski definition) is 6. The molecule has 0 saturated carbocycles. The lowest BCUT2D eigenvalue weighted by molar-refractivity contribution is -0.139. The summed E-state index contributed by atoms with van der Waals surface area (Å²) in [4.78, 5) is 23.0. The molecule has 1 rings (SSSR count). The number of amides is 1. The van der Waals surface area contributed by atoms with Gasteiger partial charge in [0, 0.05) is 18.2 Å². The van der Waals surface area contributed by atoms with E-state index in [1.165, 1.54) is 6.08 Å². The maximum atomic E-state index is 12.3. The molecular formula is C16H27NO6S. The van der Waals surface area contributed by atoms with Crippen molar-refractivity contribution < 1.29 is 27.5 Å². The topological polar surface area (TPSA) is 98.8 Å². The first-order valence-corrected chi connectivity index (χ1v) is 10.2. The second-order valence-corrected chi connectivity index (χ2v) is 8.04. The molecule has 24 heavy (non-hydrogen) atoms. The lowest BCUT2D eigenvalue weighted by atomic mass is 9.92. The number of carbonyl (C=O) groups is 2. The van der Waals surface area contributed by atoms with Crippen LogP contribution >= 0.6 is 0 Å². The molecule has 0 unspecified atom stereocenters. The van der Waals surface area contributed by atoms with Crippen molar-refractivity contribution in [1.29, 1.82) is 0 Å². The van der Waals surface area contributed by atoms with E-state index in [1.54, 1.807) is 6.92 Å². The molecule has 0 spiro atoms. The summed E-state index contributed by atoms with van der Waals surface area (Å²) in [5.41, 5.74) is 0.326. The first-order valence-electron chi connectivity index (χ1n) is 8.20. The Balaban J connectivity index is 3.25. The highest BCUT2D eigenvalue weighted by Gasteiger charge is 2.42.